The van der Waals surface area contributed by atoms with Gasteiger partial charge in [-0.3, -0.25) is 4.40 Å². The number of nitrogens with one attached hydrogen (secondary N) is 1. The van der Waals surface area contributed by atoms with Crippen molar-refractivity contribution in [3.8, 4) is 28.3 Å². The van der Waals surface area contributed by atoms with Gasteiger partial charge in [-0.25, -0.2) is 9.97 Å². The molecule has 0 saturated heterocycles. The quantitative estimate of drug-likeness (QED) is 0.208. The summed E-state index contributed by atoms with van der Waals surface area (Å²) in [6.45, 7) is 8.28. The SMILES string of the molecule is CCCCOc1ccc(-c2nc3c(-c4ccccc4)nc4ccccc4n3c2NCCC(C)C)cc1. The van der Waals surface area contributed by atoms with Crippen LogP contribution in [0.2, 0.25) is 0 Å². The molecule has 0 aliphatic heterocycles. The Kier molecular flexibility index (Phi) is 7.17. The van der Waals surface area contributed by atoms with Crippen LogP contribution in [-0.2, 0) is 0 Å². The lowest BCUT2D eigenvalue weighted by atomic mass is 10.1. The standard InChI is InChI=1S/C31H34N4O/c1-4-5-21-36-25-17-15-24(16-18-25)28-30(32-20-19-22(2)3)35-27-14-10-9-13-26(27)33-29(31(35)34-28)23-11-7-6-8-12-23/h6-18,22,32H,4-5,19-21H2,1-3H3. The molecule has 5 aromatic rings. The fourth-order valence-corrected chi connectivity index (χ4v) is 4.41. The van der Waals surface area contributed by atoms with E-state index in [-0.39, 0.29) is 0 Å². The van der Waals surface area contributed by atoms with Crippen molar-refractivity contribution in [3.05, 3.63) is 78.9 Å². The highest BCUT2D eigenvalue weighted by atomic mass is 16.5. The Labute approximate surface area is 213 Å². The normalized spacial score (nSPS) is 11.4. The number of hydrogen-bond acceptors (Lipinski definition) is 4. The monoisotopic (exact) mass is 478 g/mol. The Morgan fingerprint density at radius 1 is 0.833 bits per heavy atom. The summed E-state index contributed by atoms with van der Waals surface area (Å²) in [5, 5.41) is 3.73. The van der Waals surface area contributed by atoms with Crippen molar-refractivity contribution in [3.63, 3.8) is 0 Å². The first-order valence-corrected chi connectivity index (χ1v) is 13.0. The number of rotatable bonds is 10. The van der Waals surface area contributed by atoms with Crippen molar-refractivity contribution in [1.29, 1.82) is 0 Å². The maximum atomic E-state index is 5.90. The molecule has 2 heterocycles. The van der Waals surface area contributed by atoms with Gasteiger partial charge in [-0.05, 0) is 55.2 Å². The molecule has 36 heavy (non-hydrogen) atoms. The number of ether oxygens (including phenoxy) is 1. The minimum absolute atomic E-state index is 0.609. The molecule has 0 bridgehead atoms. The summed E-state index contributed by atoms with van der Waals surface area (Å²) in [4.78, 5) is 10.3. The average molecular weight is 479 g/mol. The van der Waals surface area contributed by atoms with Gasteiger partial charge in [-0.2, -0.15) is 0 Å². The van der Waals surface area contributed by atoms with Gasteiger partial charge in [-0.1, -0.05) is 69.7 Å². The van der Waals surface area contributed by atoms with E-state index in [2.05, 4.69) is 73.0 Å². The van der Waals surface area contributed by atoms with E-state index in [4.69, 9.17) is 14.7 Å². The summed E-state index contributed by atoms with van der Waals surface area (Å²) in [6, 6.07) is 26.9. The van der Waals surface area contributed by atoms with Gasteiger partial charge in [0.25, 0.3) is 0 Å². The number of fused-ring (bicyclic) bond motifs is 3. The smallest absolute Gasteiger partial charge is 0.166 e. The molecule has 3 aromatic carbocycles. The Balaban J connectivity index is 1.69. The van der Waals surface area contributed by atoms with Crippen LogP contribution in [0.15, 0.2) is 78.9 Å². The van der Waals surface area contributed by atoms with Crippen LogP contribution in [0.4, 0.5) is 5.82 Å². The van der Waals surface area contributed by atoms with Crippen LogP contribution in [0, 0.1) is 5.92 Å². The van der Waals surface area contributed by atoms with Crippen LogP contribution >= 0.6 is 0 Å². The maximum Gasteiger partial charge on any atom is 0.166 e. The van der Waals surface area contributed by atoms with Crippen molar-refractivity contribution in [2.45, 2.75) is 40.0 Å². The van der Waals surface area contributed by atoms with Crippen LogP contribution < -0.4 is 10.1 Å². The van der Waals surface area contributed by atoms with Crippen molar-refractivity contribution in [2.24, 2.45) is 5.92 Å². The molecule has 5 heteroatoms. The van der Waals surface area contributed by atoms with E-state index in [1.165, 1.54) is 0 Å². The summed E-state index contributed by atoms with van der Waals surface area (Å²) < 4.78 is 8.14. The van der Waals surface area contributed by atoms with Gasteiger partial charge in [0, 0.05) is 17.7 Å². The summed E-state index contributed by atoms with van der Waals surface area (Å²) in [6.07, 6.45) is 3.25. The first-order valence-electron chi connectivity index (χ1n) is 13.0. The lowest BCUT2D eigenvalue weighted by molar-refractivity contribution is 0.309. The van der Waals surface area contributed by atoms with E-state index < -0.39 is 0 Å². The Bertz CT molecular complexity index is 1440. The van der Waals surface area contributed by atoms with Crippen molar-refractivity contribution in [2.75, 3.05) is 18.5 Å². The molecule has 0 saturated carbocycles. The molecule has 2 aromatic heterocycles. The molecule has 184 valence electrons. The minimum Gasteiger partial charge on any atom is -0.494 e. The van der Waals surface area contributed by atoms with Gasteiger partial charge in [-0.15, -0.1) is 0 Å². The Hall–Kier alpha value is -3.86. The summed E-state index contributed by atoms with van der Waals surface area (Å²) in [7, 11) is 0. The number of unbranched alkanes of at least 4 members (excludes halogenated alkanes) is 1. The largest absolute Gasteiger partial charge is 0.494 e. The topological polar surface area (TPSA) is 51.5 Å². The van der Waals surface area contributed by atoms with Crippen LogP contribution in [0.1, 0.15) is 40.0 Å². The molecule has 0 aliphatic rings. The highest BCUT2D eigenvalue weighted by Crippen LogP contribution is 2.36. The second-order valence-corrected chi connectivity index (χ2v) is 9.62. The zero-order valence-corrected chi connectivity index (χ0v) is 21.4. The third-order valence-electron chi connectivity index (χ3n) is 6.40. The number of anilines is 1. The zero-order valence-electron chi connectivity index (χ0n) is 21.4. The molecule has 1 N–H and O–H groups in total. The lowest BCUT2D eigenvalue weighted by Gasteiger charge is -2.13. The van der Waals surface area contributed by atoms with Crippen LogP contribution in [0.5, 0.6) is 5.75 Å². The second kappa shape index (κ2) is 10.8. The van der Waals surface area contributed by atoms with Gasteiger partial charge in [0.2, 0.25) is 0 Å². The van der Waals surface area contributed by atoms with E-state index in [9.17, 15) is 0 Å². The minimum atomic E-state index is 0.609. The lowest BCUT2D eigenvalue weighted by Crippen LogP contribution is -2.08. The predicted octanol–water partition coefficient (Wildman–Crippen LogP) is 7.85. The van der Waals surface area contributed by atoms with Crippen molar-refractivity contribution >= 4 is 22.5 Å². The van der Waals surface area contributed by atoms with Crippen molar-refractivity contribution in [1.82, 2.24) is 14.4 Å². The van der Waals surface area contributed by atoms with Crippen LogP contribution in [0.25, 0.3) is 39.2 Å². The third-order valence-corrected chi connectivity index (χ3v) is 6.40. The van der Waals surface area contributed by atoms with Gasteiger partial charge >= 0.3 is 0 Å². The maximum absolute atomic E-state index is 5.90. The highest BCUT2D eigenvalue weighted by Gasteiger charge is 2.20. The first-order chi connectivity index (χ1) is 17.7. The predicted molar refractivity (Wildman–Crippen MR) is 150 cm³/mol. The summed E-state index contributed by atoms with van der Waals surface area (Å²) in [5.74, 6) is 2.50. The number of hydrogen-bond donors (Lipinski definition) is 1. The molecular weight excluding hydrogens is 444 g/mol. The van der Waals surface area contributed by atoms with E-state index in [0.717, 1.165) is 83.2 Å². The van der Waals surface area contributed by atoms with Gasteiger partial charge in [0.1, 0.15) is 23.0 Å². The zero-order chi connectivity index (χ0) is 24.9. The molecule has 0 atom stereocenters. The molecule has 0 radical (unpaired) electrons. The number of benzene rings is 3. The summed E-state index contributed by atoms with van der Waals surface area (Å²) in [5.41, 5.74) is 6.75. The van der Waals surface area contributed by atoms with Crippen LogP contribution in [0.3, 0.4) is 0 Å². The fraction of sp³-hybridized carbons (Fsp3) is 0.290. The second-order valence-electron chi connectivity index (χ2n) is 9.62. The molecule has 0 fully saturated rings. The number of nitrogens with zero attached hydrogens (tertiary/aromatic N) is 3. The van der Waals surface area contributed by atoms with Crippen molar-refractivity contribution < 1.29 is 4.74 Å². The molecule has 0 aliphatic carbocycles. The number of para-hydroxylation sites is 2. The molecule has 0 spiro atoms. The highest BCUT2D eigenvalue weighted by molar-refractivity contribution is 5.91. The Morgan fingerprint density at radius 2 is 1.56 bits per heavy atom. The molecule has 0 amide bonds. The molecule has 5 nitrogen and oxygen atoms in total. The molecule has 5 rings (SSSR count). The molecule has 0 unspecified atom stereocenters. The Morgan fingerprint density at radius 3 is 2.31 bits per heavy atom. The van der Waals surface area contributed by atoms with Crippen LogP contribution in [-0.4, -0.2) is 27.5 Å². The van der Waals surface area contributed by atoms with E-state index in [1.807, 2.05) is 36.4 Å². The summed E-state index contributed by atoms with van der Waals surface area (Å²) >= 11 is 0. The van der Waals surface area contributed by atoms with Gasteiger partial charge < -0.3 is 10.1 Å². The van der Waals surface area contributed by atoms with E-state index in [0.29, 0.717) is 5.92 Å². The average Bonchev–Trinajstić information content (AvgIpc) is 3.29. The number of aromatic nitrogens is 3. The third kappa shape index (κ3) is 4.92. The number of imidazole rings is 1. The first kappa shape index (κ1) is 23.9. The van der Waals surface area contributed by atoms with Gasteiger partial charge in [0.05, 0.1) is 17.6 Å². The fourth-order valence-electron chi connectivity index (χ4n) is 4.41. The van der Waals surface area contributed by atoms with E-state index in [1.54, 1.807) is 0 Å². The molecular formula is C31H34N4O. The van der Waals surface area contributed by atoms with E-state index >= 15 is 0 Å². The van der Waals surface area contributed by atoms with Gasteiger partial charge in [0.15, 0.2) is 5.65 Å².